The Balaban J connectivity index is 1.39. The van der Waals surface area contributed by atoms with Crippen molar-refractivity contribution in [2.75, 3.05) is 19.6 Å². The quantitative estimate of drug-likeness (QED) is 0.779. The van der Waals surface area contributed by atoms with Crippen molar-refractivity contribution in [3.8, 4) is 5.75 Å². The second-order valence-electron chi connectivity index (χ2n) is 7.06. The van der Waals surface area contributed by atoms with Crippen LogP contribution in [-0.4, -0.2) is 30.6 Å². The Morgan fingerprint density at radius 2 is 1.64 bits per heavy atom. The number of hydrogen-bond donors (Lipinski definition) is 1. The number of hydrogen-bond acceptors (Lipinski definition) is 3. The molecule has 1 aliphatic heterocycles. The van der Waals surface area contributed by atoms with E-state index in [1.165, 1.54) is 43.5 Å². The average Bonchev–Trinajstić information content (AvgIpc) is 2.67. The second kappa shape index (κ2) is 9.59. The Morgan fingerprint density at radius 1 is 0.920 bits per heavy atom. The Labute approximate surface area is 152 Å². The summed E-state index contributed by atoms with van der Waals surface area (Å²) in [4.78, 5) is 2.59. The molecule has 0 aromatic heterocycles. The molecule has 3 nitrogen and oxygen atoms in total. The predicted molar refractivity (Wildman–Crippen MR) is 104 cm³/mol. The van der Waals surface area contributed by atoms with Crippen LogP contribution in [-0.2, 0) is 13.2 Å². The van der Waals surface area contributed by atoms with Gasteiger partial charge in [0.1, 0.15) is 12.4 Å². The molecule has 1 aliphatic rings. The Kier molecular flexibility index (Phi) is 6.89. The fourth-order valence-electron chi connectivity index (χ4n) is 3.33. The fraction of sp³-hybridized carbons (Fsp3) is 0.455. The molecule has 3 rings (SSSR count). The van der Waals surface area contributed by atoms with E-state index in [0.29, 0.717) is 12.6 Å². The van der Waals surface area contributed by atoms with Crippen LogP contribution in [0.5, 0.6) is 5.75 Å². The molecule has 1 unspecified atom stereocenters. The lowest BCUT2D eigenvalue weighted by Gasteiger charge is -2.29. The number of ether oxygens (including phenoxy) is 1. The normalized spacial score (nSPS) is 16.5. The molecule has 0 saturated carbocycles. The molecule has 134 valence electrons. The lowest BCUT2D eigenvalue weighted by molar-refractivity contribution is 0.209. The van der Waals surface area contributed by atoms with Gasteiger partial charge in [0.25, 0.3) is 0 Å². The molecule has 3 heteroatoms. The lowest BCUT2D eigenvalue weighted by atomic mass is 10.1. The van der Waals surface area contributed by atoms with Gasteiger partial charge < -0.3 is 15.0 Å². The van der Waals surface area contributed by atoms with Gasteiger partial charge >= 0.3 is 0 Å². The van der Waals surface area contributed by atoms with E-state index in [-0.39, 0.29) is 0 Å². The van der Waals surface area contributed by atoms with E-state index in [1.807, 2.05) is 18.2 Å². The molecular weight excluding hydrogens is 308 g/mol. The SMILES string of the molecule is CC(CN1CCCCC1)NCc1ccc(OCc2ccccc2)cc1. The highest BCUT2D eigenvalue weighted by Crippen LogP contribution is 2.14. The van der Waals surface area contributed by atoms with Gasteiger partial charge in [-0.2, -0.15) is 0 Å². The molecule has 0 spiro atoms. The first-order valence-electron chi connectivity index (χ1n) is 9.51. The van der Waals surface area contributed by atoms with Crippen molar-refractivity contribution in [3.05, 3.63) is 65.7 Å². The van der Waals surface area contributed by atoms with Gasteiger partial charge in [0.05, 0.1) is 0 Å². The monoisotopic (exact) mass is 338 g/mol. The van der Waals surface area contributed by atoms with Gasteiger partial charge in [-0.1, -0.05) is 48.9 Å². The van der Waals surface area contributed by atoms with Crippen LogP contribution in [0.1, 0.15) is 37.3 Å². The van der Waals surface area contributed by atoms with Crippen molar-refractivity contribution in [2.24, 2.45) is 0 Å². The summed E-state index contributed by atoms with van der Waals surface area (Å²) in [6.07, 6.45) is 4.12. The molecule has 0 bridgehead atoms. The van der Waals surface area contributed by atoms with E-state index in [1.54, 1.807) is 0 Å². The second-order valence-corrected chi connectivity index (χ2v) is 7.06. The molecule has 2 aromatic carbocycles. The van der Waals surface area contributed by atoms with Gasteiger partial charge in [-0.15, -0.1) is 0 Å². The van der Waals surface area contributed by atoms with Crippen LogP contribution < -0.4 is 10.1 Å². The predicted octanol–water partition coefficient (Wildman–Crippen LogP) is 4.23. The highest BCUT2D eigenvalue weighted by atomic mass is 16.5. The zero-order chi connectivity index (χ0) is 17.3. The molecule has 1 N–H and O–H groups in total. The van der Waals surface area contributed by atoms with E-state index < -0.39 is 0 Å². The summed E-state index contributed by atoms with van der Waals surface area (Å²) >= 11 is 0. The molecule has 1 heterocycles. The molecule has 2 aromatic rings. The minimum Gasteiger partial charge on any atom is -0.489 e. The molecule has 0 amide bonds. The van der Waals surface area contributed by atoms with E-state index in [0.717, 1.165) is 18.8 Å². The Hall–Kier alpha value is -1.84. The Morgan fingerprint density at radius 3 is 2.36 bits per heavy atom. The van der Waals surface area contributed by atoms with Gasteiger partial charge in [0, 0.05) is 19.1 Å². The van der Waals surface area contributed by atoms with Crippen molar-refractivity contribution in [3.63, 3.8) is 0 Å². The number of nitrogens with zero attached hydrogens (tertiary/aromatic N) is 1. The Bertz CT molecular complexity index is 606. The zero-order valence-electron chi connectivity index (χ0n) is 15.3. The lowest BCUT2D eigenvalue weighted by Crippen LogP contribution is -2.41. The van der Waals surface area contributed by atoms with Gasteiger partial charge in [-0.25, -0.2) is 0 Å². The van der Waals surface area contributed by atoms with Crippen LogP contribution in [0, 0.1) is 0 Å². The fourth-order valence-corrected chi connectivity index (χ4v) is 3.33. The van der Waals surface area contributed by atoms with E-state index >= 15 is 0 Å². The first-order valence-corrected chi connectivity index (χ1v) is 9.51. The van der Waals surface area contributed by atoms with E-state index in [2.05, 4.69) is 53.5 Å². The number of piperidine rings is 1. The summed E-state index contributed by atoms with van der Waals surface area (Å²) in [7, 11) is 0. The van der Waals surface area contributed by atoms with Crippen molar-refractivity contribution >= 4 is 0 Å². The standard InChI is InChI=1S/C22H30N2O/c1-19(17-24-14-6-3-7-15-24)23-16-20-10-12-22(13-11-20)25-18-21-8-4-2-5-9-21/h2,4-5,8-13,19,23H,3,6-7,14-18H2,1H3. The van der Waals surface area contributed by atoms with Crippen molar-refractivity contribution in [2.45, 2.75) is 45.4 Å². The summed E-state index contributed by atoms with van der Waals surface area (Å²) in [6, 6.07) is 19.2. The highest BCUT2D eigenvalue weighted by Gasteiger charge is 2.12. The van der Waals surface area contributed by atoms with Crippen LogP contribution in [0.4, 0.5) is 0 Å². The summed E-state index contributed by atoms with van der Waals surface area (Å²) in [5, 5.41) is 3.64. The van der Waals surface area contributed by atoms with E-state index in [9.17, 15) is 0 Å². The average molecular weight is 338 g/mol. The first-order chi connectivity index (χ1) is 12.3. The van der Waals surface area contributed by atoms with E-state index in [4.69, 9.17) is 4.74 Å². The summed E-state index contributed by atoms with van der Waals surface area (Å²) in [6.45, 7) is 7.49. The largest absolute Gasteiger partial charge is 0.489 e. The van der Waals surface area contributed by atoms with Crippen LogP contribution >= 0.6 is 0 Å². The third-order valence-electron chi connectivity index (χ3n) is 4.81. The molecule has 0 aliphatic carbocycles. The van der Waals surface area contributed by atoms with Crippen LogP contribution in [0.25, 0.3) is 0 Å². The minimum atomic E-state index is 0.520. The zero-order valence-corrected chi connectivity index (χ0v) is 15.3. The third-order valence-corrected chi connectivity index (χ3v) is 4.81. The van der Waals surface area contributed by atoms with Gasteiger partial charge in [0.2, 0.25) is 0 Å². The number of benzene rings is 2. The maximum Gasteiger partial charge on any atom is 0.119 e. The van der Waals surface area contributed by atoms with Crippen molar-refractivity contribution < 1.29 is 4.74 Å². The molecule has 25 heavy (non-hydrogen) atoms. The number of nitrogens with one attached hydrogen (secondary N) is 1. The van der Waals surface area contributed by atoms with Crippen molar-refractivity contribution in [1.82, 2.24) is 10.2 Å². The van der Waals surface area contributed by atoms with Gasteiger partial charge in [0.15, 0.2) is 0 Å². The molecule has 1 fully saturated rings. The third kappa shape index (κ3) is 6.18. The summed E-state index contributed by atoms with van der Waals surface area (Å²) in [5.74, 6) is 0.925. The number of rotatable bonds is 8. The maximum atomic E-state index is 5.85. The van der Waals surface area contributed by atoms with Crippen LogP contribution in [0.3, 0.4) is 0 Å². The van der Waals surface area contributed by atoms with Crippen molar-refractivity contribution in [1.29, 1.82) is 0 Å². The van der Waals surface area contributed by atoms with Crippen LogP contribution in [0.15, 0.2) is 54.6 Å². The maximum absolute atomic E-state index is 5.85. The topological polar surface area (TPSA) is 24.5 Å². The number of likely N-dealkylation sites (tertiary alicyclic amines) is 1. The molecule has 1 atom stereocenters. The first kappa shape index (κ1) is 18.0. The molecular formula is C22H30N2O. The van der Waals surface area contributed by atoms with Gasteiger partial charge in [-0.05, 0) is 56.1 Å². The summed E-state index contributed by atoms with van der Waals surface area (Å²) in [5.41, 5.74) is 2.50. The highest BCUT2D eigenvalue weighted by molar-refractivity contribution is 5.27. The molecule has 1 saturated heterocycles. The van der Waals surface area contributed by atoms with Crippen LogP contribution in [0.2, 0.25) is 0 Å². The minimum absolute atomic E-state index is 0.520. The molecule has 0 radical (unpaired) electrons. The summed E-state index contributed by atoms with van der Waals surface area (Å²) < 4.78 is 5.85. The smallest absolute Gasteiger partial charge is 0.119 e. The van der Waals surface area contributed by atoms with Gasteiger partial charge in [-0.3, -0.25) is 0 Å².